The predicted octanol–water partition coefficient (Wildman–Crippen LogP) is 3.92. The molecule has 0 radical (unpaired) electrons. The van der Waals surface area contributed by atoms with Gasteiger partial charge in [-0.15, -0.1) is 0 Å². The Kier molecular flexibility index (Phi) is 7.65. The highest BCUT2D eigenvalue weighted by atomic mass is 35.5. The van der Waals surface area contributed by atoms with Crippen LogP contribution in [-0.2, 0) is 4.79 Å². The summed E-state index contributed by atoms with van der Waals surface area (Å²) in [5.41, 5.74) is 2.24. The van der Waals surface area contributed by atoms with Gasteiger partial charge in [0.05, 0.1) is 10.6 Å². The monoisotopic (exact) mass is 444 g/mol. The number of carbonyl (C=O) groups excluding carboxylic acids is 2. The number of benzene rings is 2. The third kappa shape index (κ3) is 5.70. The van der Waals surface area contributed by atoms with E-state index in [0.717, 1.165) is 44.0 Å². The van der Waals surface area contributed by atoms with Gasteiger partial charge in [-0.1, -0.05) is 30.7 Å². The molecule has 8 heteroatoms. The highest BCUT2D eigenvalue weighted by Gasteiger charge is 2.20. The van der Waals surface area contributed by atoms with E-state index in [9.17, 15) is 9.59 Å². The first-order chi connectivity index (χ1) is 14.5. The van der Waals surface area contributed by atoms with Crippen LogP contribution in [0, 0.1) is 0 Å². The molecule has 1 saturated heterocycles. The molecule has 3 rings (SSSR count). The minimum absolute atomic E-state index is 0.204. The summed E-state index contributed by atoms with van der Waals surface area (Å²) < 4.78 is 0. The van der Waals surface area contributed by atoms with Crippen LogP contribution >= 0.6 is 23.8 Å². The van der Waals surface area contributed by atoms with Crippen LogP contribution in [0.15, 0.2) is 48.5 Å². The molecule has 6 nitrogen and oxygen atoms in total. The molecule has 30 heavy (non-hydrogen) atoms. The van der Waals surface area contributed by atoms with E-state index in [1.165, 1.54) is 0 Å². The average Bonchev–Trinajstić information content (AvgIpc) is 2.75. The molecule has 1 aliphatic heterocycles. The molecule has 0 saturated carbocycles. The summed E-state index contributed by atoms with van der Waals surface area (Å²) in [6.45, 7) is 5.15. The second kappa shape index (κ2) is 10.4. The van der Waals surface area contributed by atoms with Crippen molar-refractivity contribution in [1.29, 1.82) is 0 Å². The first kappa shape index (κ1) is 22.1. The van der Waals surface area contributed by atoms with Crippen LogP contribution in [0.4, 0.5) is 11.4 Å². The van der Waals surface area contributed by atoms with Gasteiger partial charge in [-0.2, -0.15) is 0 Å². The van der Waals surface area contributed by atoms with Gasteiger partial charge >= 0.3 is 0 Å². The third-order valence-corrected chi connectivity index (χ3v) is 5.47. The summed E-state index contributed by atoms with van der Waals surface area (Å²) >= 11 is 11.3. The van der Waals surface area contributed by atoms with E-state index >= 15 is 0 Å². The normalized spacial score (nSPS) is 13.7. The number of piperazine rings is 1. The second-order valence-corrected chi connectivity index (χ2v) is 7.87. The summed E-state index contributed by atoms with van der Waals surface area (Å²) in [6, 6.07) is 14.6. The topological polar surface area (TPSA) is 64.7 Å². The van der Waals surface area contributed by atoms with Crippen molar-refractivity contribution in [3.8, 4) is 0 Å². The van der Waals surface area contributed by atoms with Crippen LogP contribution in [0.25, 0.3) is 0 Å². The van der Waals surface area contributed by atoms with E-state index < -0.39 is 0 Å². The van der Waals surface area contributed by atoms with Gasteiger partial charge in [-0.05, 0) is 55.0 Å². The maximum atomic E-state index is 12.3. The summed E-state index contributed by atoms with van der Waals surface area (Å²) in [5.74, 6) is -0.116. The summed E-state index contributed by atoms with van der Waals surface area (Å²) in [6.07, 6.45) is 1.50. The fourth-order valence-electron chi connectivity index (χ4n) is 3.32. The second-order valence-electron chi connectivity index (χ2n) is 7.05. The van der Waals surface area contributed by atoms with Crippen LogP contribution in [0.1, 0.15) is 30.1 Å². The molecule has 0 unspecified atom stereocenters. The van der Waals surface area contributed by atoms with Crippen LogP contribution in [0.2, 0.25) is 5.02 Å². The molecule has 1 heterocycles. The molecule has 0 aromatic heterocycles. The molecule has 2 N–H and O–H groups in total. The van der Waals surface area contributed by atoms with Crippen molar-refractivity contribution in [1.82, 2.24) is 10.2 Å². The standard InChI is InChI=1S/C22H25ClN4O2S/c1-2-5-20(28)27-14-12-26(13-15-27)17-10-8-16(9-11-17)24-22(30)25-21(29)18-6-3-4-7-19(18)23/h3-4,6-11H,2,5,12-15H2,1H3,(H2,24,25,29,30). The molecule has 1 fully saturated rings. The van der Waals surface area contributed by atoms with Gasteiger partial charge in [-0.25, -0.2) is 0 Å². The maximum absolute atomic E-state index is 12.3. The lowest BCUT2D eigenvalue weighted by Crippen LogP contribution is -2.48. The fourth-order valence-corrected chi connectivity index (χ4v) is 3.75. The minimum Gasteiger partial charge on any atom is -0.368 e. The molecule has 158 valence electrons. The molecule has 2 amide bonds. The van der Waals surface area contributed by atoms with Gasteiger partial charge < -0.3 is 15.1 Å². The summed E-state index contributed by atoms with van der Waals surface area (Å²) in [7, 11) is 0. The number of hydrogen-bond acceptors (Lipinski definition) is 4. The van der Waals surface area contributed by atoms with Crippen LogP contribution < -0.4 is 15.5 Å². The van der Waals surface area contributed by atoms with E-state index in [2.05, 4.69) is 15.5 Å². The first-order valence-corrected chi connectivity index (χ1v) is 10.8. The van der Waals surface area contributed by atoms with Crippen molar-refractivity contribution < 1.29 is 9.59 Å². The van der Waals surface area contributed by atoms with E-state index in [1.54, 1.807) is 24.3 Å². The quantitative estimate of drug-likeness (QED) is 0.684. The SMILES string of the molecule is CCCC(=O)N1CCN(c2ccc(NC(=S)NC(=O)c3ccccc3Cl)cc2)CC1. The van der Waals surface area contributed by atoms with Gasteiger partial charge in [0.15, 0.2) is 5.11 Å². The molecule has 0 aliphatic carbocycles. The molecular weight excluding hydrogens is 420 g/mol. The van der Waals surface area contributed by atoms with Gasteiger partial charge in [0.25, 0.3) is 5.91 Å². The zero-order valence-electron chi connectivity index (χ0n) is 16.9. The number of amides is 2. The Morgan fingerprint density at radius 3 is 2.33 bits per heavy atom. The maximum Gasteiger partial charge on any atom is 0.258 e. The number of nitrogens with one attached hydrogen (secondary N) is 2. The Balaban J connectivity index is 1.51. The third-order valence-electron chi connectivity index (χ3n) is 4.93. The van der Waals surface area contributed by atoms with E-state index in [1.807, 2.05) is 36.1 Å². The molecule has 2 aromatic rings. The van der Waals surface area contributed by atoms with Crippen molar-refractivity contribution in [2.24, 2.45) is 0 Å². The lowest BCUT2D eigenvalue weighted by molar-refractivity contribution is -0.131. The Morgan fingerprint density at radius 1 is 1.03 bits per heavy atom. The van der Waals surface area contributed by atoms with E-state index in [-0.39, 0.29) is 16.9 Å². The Hall–Kier alpha value is -2.64. The zero-order chi connectivity index (χ0) is 21.5. The molecular formula is C22H25ClN4O2S. The lowest BCUT2D eigenvalue weighted by atomic mass is 10.2. The lowest BCUT2D eigenvalue weighted by Gasteiger charge is -2.36. The van der Waals surface area contributed by atoms with Gasteiger partial charge in [0.2, 0.25) is 5.91 Å². The molecule has 2 aromatic carbocycles. The van der Waals surface area contributed by atoms with Gasteiger partial charge in [0, 0.05) is 44.0 Å². The van der Waals surface area contributed by atoms with Gasteiger partial charge in [0.1, 0.15) is 0 Å². The van der Waals surface area contributed by atoms with E-state index in [0.29, 0.717) is 17.0 Å². The molecule has 0 atom stereocenters. The van der Waals surface area contributed by atoms with E-state index in [4.69, 9.17) is 23.8 Å². The number of nitrogens with zero attached hydrogens (tertiary/aromatic N) is 2. The number of rotatable bonds is 5. The number of anilines is 2. The smallest absolute Gasteiger partial charge is 0.258 e. The fraction of sp³-hybridized carbons (Fsp3) is 0.318. The van der Waals surface area contributed by atoms with Crippen LogP contribution in [-0.4, -0.2) is 48.0 Å². The van der Waals surface area contributed by atoms with Crippen molar-refractivity contribution in [2.45, 2.75) is 19.8 Å². The number of hydrogen-bond donors (Lipinski definition) is 2. The Bertz CT molecular complexity index is 912. The molecule has 0 bridgehead atoms. The van der Waals surface area contributed by atoms with Crippen LogP contribution in [0.5, 0.6) is 0 Å². The Labute approximate surface area is 187 Å². The van der Waals surface area contributed by atoms with Crippen molar-refractivity contribution >= 4 is 52.1 Å². The number of carbonyl (C=O) groups is 2. The highest BCUT2D eigenvalue weighted by molar-refractivity contribution is 7.80. The Morgan fingerprint density at radius 2 is 1.70 bits per heavy atom. The zero-order valence-corrected chi connectivity index (χ0v) is 18.4. The molecule has 0 spiro atoms. The van der Waals surface area contributed by atoms with Crippen molar-refractivity contribution in [2.75, 3.05) is 36.4 Å². The summed E-state index contributed by atoms with van der Waals surface area (Å²) in [4.78, 5) is 28.5. The minimum atomic E-state index is -0.356. The number of thiocarbonyl (C=S) groups is 1. The highest BCUT2D eigenvalue weighted by Crippen LogP contribution is 2.20. The van der Waals surface area contributed by atoms with Crippen LogP contribution in [0.3, 0.4) is 0 Å². The molecule has 1 aliphatic rings. The largest absolute Gasteiger partial charge is 0.368 e. The summed E-state index contributed by atoms with van der Waals surface area (Å²) in [5, 5.41) is 6.23. The van der Waals surface area contributed by atoms with Gasteiger partial charge in [-0.3, -0.25) is 14.9 Å². The predicted molar refractivity (Wildman–Crippen MR) is 125 cm³/mol. The van der Waals surface area contributed by atoms with Crippen molar-refractivity contribution in [3.05, 3.63) is 59.1 Å². The average molecular weight is 445 g/mol. The number of halogens is 1. The van der Waals surface area contributed by atoms with Crippen molar-refractivity contribution in [3.63, 3.8) is 0 Å². The first-order valence-electron chi connectivity index (χ1n) is 9.97.